The topological polar surface area (TPSA) is 21.3 Å². The first kappa shape index (κ1) is 14.6. The molecule has 0 saturated carbocycles. The zero-order chi connectivity index (χ0) is 13.4. The van der Waals surface area contributed by atoms with Crippen molar-refractivity contribution in [1.29, 1.82) is 0 Å². The van der Waals surface area contributed by atoms with E-state index in [1.807, 2.05) is 6.07 Å². The average Bonchev–Trinajstić information content (AvgIpc) is 2.38. The molecule has 0 aliphatic rings. The van der Waals surface area contributed by atoms with Gasteiger partial charge in [-0.2, -0.15) is 0 Å². The van der Waals surface area contributed by atoms with Gasteiger partial charge in [-0.25, -0.2) is 0 Å². The van der Waals surface area contributed by atoms with E-state index in [1.54, 1.807) is 0 Å². The Morgan fingerprint density at radius 1 is 1.44 bits per heavy atom. The van der Waals surface area contributed by atoms with Gasteiger partial charge in [0.2, 0.25) is 0 Å². The lowest BCUT2D eigenvalue weighted by Gasteiger charge is -2.18. The second-order valence-electron chi connectivity index (χ2n) is 4.52. The molecule has 0 amide bonds. The fourth-order valence-corrected chi connectivity index (χ4v) is 1.83. The standard InChI is InChI=1S/C16H23NO/c1-5-7-11-18-16-9-8-13(3)12-15(16)14(4)17-10-6-2/h1,8-9,12,14,17H,6-7,10-11H2,2-4H3. The SMILES string of the molecule is C#CCCOc1ccc(C)cc1C(C)NCCC. The molecule has 2 heteroatoms. The van der Waals surface area contributed by atoms with Crippen molar-refractivity contribution in [2.45, 2.75) is 39.7 Å². The van der Waals surface area contributed by atoms with Gasteiger partial charge in [0.25, 0.3) is 0 Å². The molecule has 1 N–H and O–H groups in total. The molecule has 0 aliphatic heterocycles. The molecule has 0 aromatic heterocycles. The summed E-state index contributed by atoms with van der Waals surface area (Å²) < 4.78 is 5.75. The van der Waals surface area contributed by atoms with Crippen LogP contribution in [0.4, 0.5) is 0 Å². The molecule has 0 radical (unpaired) electrons. The van der Waals surface area contributed by atoms with Crippen LogP contribution in [0.5, 0.6) is 5.75 Å². The molecule has 1 rings (SSSR count). The predicted octanol–water partition coefficient (Wildman–Crippen LogP) is 3.46. The lowest BCUT2D eigenvalue weighted by atomic mass is 10.0. The Bertz CT molecular complexity index is 406. The summed E-state index contributed by atoms with van der Waals surface area (Å²) in [6.07, 6.45) is 7.01. The van der Waals surface area contributed by atoms with E-state index >= 15 is 0 Å². The van der Waals surface area contributed by atoms with E-state index in [0.717, 1.165) is 18.7 Å². The van der Waals surface area contributed by atoms with Gasteiger partial charge in [-0.3, -0.25) is 0 Å². The third kappa shape index (κ3) is 4.43. The van der Waals surface area contributed by atoms with Crippen molar-refractivity contribution in [2.75, 3.05) is 13.2 Å². The van der Waals surface area contributed by atoms with Crippen molar-refractivity contribution in [3.05, 3.63) is 29.3 Å². The molecule has 98 valence electrons. The monoisotopic (exact) mass is 245 g/mol. The Kier molecular flexibility index (Phi) is 6.32. The smallest absolute Gasteiger partial charge is 0.124 e. The third-order valence-electron chi connectivity index (χ3n) is 2.84. The van der Waals surface area contributed by atoms with Crippen LogP contribution < -0.4 is 10.1 Å². The summed E-state index contributed by atoms with van der Waals surface area (Å²) >= 11 is 0. The summed E-state index contributed by atoms with van der Waals surface area (Å²) in [5.74, 6) is 3.53. The zero-order valence-electron chi connectivity index (χ0n) is 11.6. The summed E-state index contributed by atoms with van der Waals surface area (Å²) in [7, 11) is 0. The highest BCUT2D eigenvalue weighted by atomic mass is 16.5. The number of terminal acetylenes is 1. The highest BCUT2D eigenvalue weighted by Gasteiger charge is 2.11. The number of nitrogens with one attached hydrogen (secondary N) is 1. The van der Waals surface area contributed by atoms with E-state index in [1.165, 1.54) is 11.1 Å². The molecular weight excluding hydrogens is 222 g/mol. The summed E-state index contributed by atoms with van der Waals surface area (Å²) in [4.78, 5) is 0. The maximum absolute atomic E-state index is 5.75. The lowest BCUT2D eigenvalue weighted by molar-refractivity contribution is 0.320. The second kappa shape index (κ2) is 7.79. The van der Waals surface area contributed by atoms with E-state index in [2.05, 4.69) is 44.1 Å². The molecule has 0 saturated heterocycles. The molecule has 0 heterocycles. The fraction of sp³-hybridized carbons (Fsp3) is 0.500. The summed E-state index contributed by atoms with van der Waals surface area (Å²) in [5, 5.41) is 3.49. The van der Waals surface area contributed by atoms with Gasteiger partial charge in [-0.05, 0) is 32.9 Å². The Labute approximate surface area is 111 Å². The number of hydrogen-bond donors (Lipinski definition) is 1. The molecule has 2 nitrogen and oxygen atoms in total. The lowest BCUT2D eigenvalue weighted by Crippen LogP contribution is -2.20. The first-order valence-electron chi connectivity index (χ1n) is 6.59. The average molecular weight is 245 g/mol. The van der Waals surface area contributed by atoms with E-state index < -0.39 is 0 Å². The van der Waals surface area contributed by atoms with Crippen molar-refractivity contribution in [3.8, 4) is 18.1 Å². The molecule has 1 unspecified atom stereocenters. The highest BCUT2D eigenvalue weighted by molar-refractivity contribution is 5.39. The normalized spacial score (nSPS) is 11.9. The Morgan fingerprint density at radius 3 is 2.89 bits per heavy atom. The third-order valence-corrected chi connectivity index (χ3v) is 2.84. The van der Waals surface area contributed by atoms with E-state index in [0.29, 0.717) is 19.1 Å². The van der Waals surface area contributed by atoms with Crippen molar-refractivity contribution < 1.29 is 4.74 Å². The number of benzene rings is 1. The molecule has 0 aliphatic carbocycles. The number of aryl methyl sites for hydroxylation is 1. The van der Waals surface area contributed by atoms with Crippen LogP contribution in [0.3, 0.4) is 0 Å². The van der Waals surface area contributed by atoms with Crippen molar-refractivity contribution in [1.82, 2.24) is 5.32 Å². The van der Waals surface area contributed by atoms with Gasteiger partial charge in [0.05, 0.1) is 6.61 Å². The first-order valence-corrected chi connectivity index (χ1v) is 6.59. The summed E-state index contributed by atoms with van der Waals surface area (Å²) in [5.41, 5.74) is 2.46. The van der Waals surface area contributed by atoms with Gasteiger partial charge in [0.1, 0.15) is 5.75 Å². The molecule has 1 aromatic rings. The van der Waals surface area contributed by atoms with Crippen molar-refractivity contribution >= 4 is 0 Å². The summed E-state index contributed by atoms with van der Waals surface area (Å²) in [6.45, 7) is 8.02. The predicted molar refractivity (Wildman–Crippen MR) is 76.8 cm³/mol. The van der Waals surface area contributed by atoms with E-state index in [-0.39, 0.29) is 0 Å². The van der Waals surface area contributed by atoms with Gasteiger partial charge in [-0.1, -0.05) is 24.6 Å². The Morgan fingerprint density at radius 2 is 2.22 bits per heavy atom. The second-order valence-corrected chi connectivity index (χ2v) is 4.52. The largest absolute Gasteiger partial charge is 0.492 e. The molecule has 0 spiro atoms. The van der Waals surface area contributed by atoms with Crippen LogP contribution in [-0.4, -0.2) is 13.2 Å². The minimum atomic E-state index is 0.297. The Hall–Kier alpha value is -1.46. The quantitative estimate of drug-likeness (QED) is 0.587. The van der Waals surface area contributed by atoms with Crippen LogP contribution in [0.1, 0.15) is 43.9 Å². The van der Waals surface area contributed by atoms with Crippen molar-refractivity contribution in [3.63, 3.8) is 0 Å². The Balaban J connectivity index is 2.79. The van der Waals surface area contributed by atoms with Crippen LogP contribution in [0.2, 0.25) is 0 Å². The number of hydrogen-bond acceptors (Lipinski definition) is 2. The van der Waals surface area contributed by atoms with Crippen LogP contribution >= 0.6 is 0 Å². The maximum atomic E-state index is 5.75. The maximum Gasteiger partial charge on any atom is 0.124 e. The molecule has 0 fully saturated rings. The molecule has 1 atom stereocenters. The van der Waals surface area contributed by atoms with Gasteiger partial charge >= 0.3 is 0 Å². The van der Waals surface area contributed by atoms with Gasteiger partial charge < -0.3 is 10.1 Å². The number of ether oxygens (including phenoxy) is 1. The highest BCUT2D eigenvalue weighted by Crippen LogP contribution is 2.26. The minimum absolute atomic E-state index is 0.297. The van der Waals surface area contributed by atoms with Gasteiger partial charge in [0, 0.05) is 18.0 Å². The molecule has 1 aromatic carbocycles. The van der Waals surface area contributed by atoms with Gasteiger partial charge in [0.15, 0.2) is 0 Å². The van der Waals surface area contributed by atoms with Crippen LogP contribution in [0, 0.1) is 19.3 Å². The molecular formula is C16H23NO. The van der Waals surface area contributed by atoms with Crippen LogP contribution in [-0.2, 0) is 0 Å². The van der Waals surface area contributed by atoms with Crippen LogP contribution in [0.15, 0.2) is 18.2 Å². The summed E-state index contributed by atoms with van der Waals surface area (Å²) in [6, 6.07) is 6.58. The minimum Gasteiger partial charge on any atom is -0.492 e. The van der Waals surface area contributed by atoms with Crippen molar-refractivity contribution in [2.24, 2.45) is 0 Å². The van der Waals surface area contributed by atoms with E-state index in [4.69, 9.17) is 11.2 Å². The zero-order valence-corrected chi connectivity index (χ0v) is 11.6. The van der Waals surface area contributed by atoms with Gasteiger partial charge in [-0.15, -0.1) is 12.3 Å². The first-order chi connectivity index (χ1) is 8.69. The van der Waals surface area contributed by atoms with Crippen LogP contribution in [0.25, 0.3) is 0 Å². The number of rotatable bonds is 7. The molecule has 0 bridgehead atoms. The molecule has 18 heavy (non-hydrogen) atoms. The van der Waals surface area contributed by atoms with E-state index in [9.17, 15) is 0 Å². The fourth-order valence-electron chi connectivity index (χ4n) is 1.83.